The summed E-state index contributed by atoms with van der Waals surface area (Å²) in [6.07, 6.45) is 1.20. The van der Waals surface area contributed by atoms with Crippen molar-refractivity contribution in [1.82, 2.24) is 19.9 Å². The highest BCUT2D eigenvalue weighted by molar-refractivity contribution is 6.36. The normalized spacial score (nSPS) is 14.4. The Bertz CT molecular complexity index is 1250. The van der Waals surface area contributed by atoms with Gasteiger partial charge in [-0.25, -0.2) is 14.8 Å². The number of rotatable bonds is 3. The fourth-order valence-corrected chi connectivity index (χ4v) is 4.35. The molecule has 1 amide bonds. The average Bonchev–Trinajstić information content (AvgIpc) is 3.16. The number of fused-ring (bicyclic) bond motifs is 3. The maximum Gasteiger partial charge on any atom is 0.410 e. The number of hydrogen-bond donors (Lipinski definition) is 1. The van der Waals surface area contributed by atoms with Crippen LogP contribution in [0.1, 0.15) is 11.1 Å². The molecule has 158 valence electrons. The molecule has 3 heterocycles. The number of nitrogens with one attached hydrogen (secondary N) is 1. The van der Waals surface area contributed by atoms with Crippen molar-refractivity contribution < 1.29 is 9.53 Å². The Morgan fingerprint density at radius 2 is 1.90 bits per heavy atom. The number of ether oxygens (including phenoxy) is 1. The van der Waals surface area contributed by atoms with Gasteiger partial charge in [0.15, 0.2) is 0 Å². The van der Waals surface area contributed by atoms with E-state index >= 15 is 0 Å². The van der Waals surface area contributed by atoms with Crippen molar-refractivity contribution in [2.45, 2.75) is 13.5 Å². The van der Waals surface area contributed by atoms with Crippen LogP contribution in [-0.2, 0) is 11.3 Å². The second kappa shape index (κ2) is 8.07. The van der Waals surface area contributed by atoms with Crippen molar-refractivity contribution in [3.05, 3.63) is 65.1 Å². The first kappa shape index (κ1) is 19.6. The van der Waals surface area contributed by atoms with Gasteiger partial charge < -0.3 is 19.5 Å². The van der Waals surface area contributed by atoms with E-state index in [0.29, 0.717) is 24.8 Å². The molecule has 1 aliphatic rings. The first-order valence-electron chi connectivity index (χ1n) is 10.2. The smallest absolute Gasteiger partial charge is 0.410 e. The molecular weight excluding hydrogens is 414 g/mol. The Morgan fingerprint density at radius 3 is 2.68 bits per heavy atom. The van der Waals surface area contributed by atoms with E-state index in [4.69, 9.17) is 16.3 Å². The van der Waals surface area contributed by atoms with Gasteiger partial charge in [-0.1, -0.05) is 41.9 Å². The van der Waals surface area contributed by atoms with Crippen LogP contribution in [0.2, 0.25) is 5.15 Å². The number of anilines is 1. The molecule has 2 aromatic heterocycles. The van der Waals surface area contributed by atoms with E-state index in [0.717, 1.165) is 51.8 Å². The standard InChI is InChI=1S/C23H22ClN5O2/c1-15-11-17-18(27-22-20(17)21(24)25-14-26-22)12-19(15)28-7-9-29(10-8-28)23(30)31-13-16-5-3-2-4-6-16/h2-6,11-12,14H,7-10,13H2,1H3,(H,25,26,27). The summed E-state index contributed by atoms with van der Waals surface area (Å²) in [6, 6.07) is 14.0. The molecule has 0 spiro atoms. The van der Waals surface area contributed by atoms with Crippen LogP contribution in [0.5, 0.6) is 0 Å². The summed E-state index contributed by atoms with van der Waals surface area (Å²) >= 11 is 6.30. The molecule has 5 rings (SSSR count). The van der Waals surface area contributed by atoms with Crippen LogP contribution in [-0.4, -0.2) is 52.1 Å². The first-order valence-corrected chi connectivity index (χ1v) is 10.6. The molecule has 8 heteroatoms. The predicted molar refractivity (Wildman–Crippen MR) is 122 cm³/mol. The maximum absolute atomic E-state index is 12.4. The monoisotopic (exact) mass is 435 g/mol. The minimum Gasteiger partial charge on any atom is -0.445 e. The fraction of sp³-hybridized carbons (Fsp3) is 0.261. The van der Waals surface area contributed by atoms with Gasteiger partial charge in [-0.05, 0) is 30.2 Å². The number of carbonyl (C=O) groups is 1. The second-order valence-electron chi connectivity index (χ2n) is 7.71. The van der Waals surface area contributed by atoms with Gasteiger partial charge in [0, 0.05) is 42.8 Å². The molecule has 1 fully saturated rings. The molecule has 0 aliphatic carbocycles. The number of aryl methyl sites for hydroxylation is 1. The largest absolute Gasteiger partial charge is 0.445 e. The molecule has 0 unspecified atom stereocenters. The number of hydrogen-bond acceptors (Lipinski definition) is 5. The summed E-state index contributed by atoms with van der Waals surface area (Å²) < 4.78 is 5.47. The molecule has 0 bridgehead atoms. The molecule has 1 saturated heterocycles. The summed E-state index contributed by atoms with van der Waals surface area (Å²) in [4.78, 5) is 28.3. The van der Waals surface area contributed by atoms with E-state index in [2.05, 4.69) is 38.9 Å². The fourth-order valence-electron chi connectivity index (χ4n) is 4.11. The average molecular weight is 436 g/mol. The lowest BCUT2D eigenvalue weighted by Gasteiger charge is -2.36. The first-order chi connectivity index (χ1) is 15.1. The zero-order valence-electron chi connectivity index (χ0n) is 17.1. The summed E-state index contributed by atoms with van der Waals surface area (Å²) in [6.45, 7) is 5.11. The summed E-state index contributed by atoms with van der Waals surface area (Å²) in [5.74, 6) is 0. The van der Waals surface area contributed by atoms with Crippen molar-refractivity contribution in [1.29, 1.82) is 0 Å². The second-order valence-corrected chi connectivity index (χ2v) is 8.07. The highest BCUT2D eigenvalue weighted by Crippen LogP contribution is 2.33. The number of nitrogens with zero attached hydrogens (tertiary/aromatic N) is 4. The van der Waals surface area contributed by atoms with Gasteiger partial charge >= 0.3 is 6.09 Å². The van der Waals surface area contributed by atoms with Crippen molar-refractivity contribution in [2.24, 2.45) is 0 Å². The minimum absolute atomic E-state index is 0.264. The third kappa shape index (κ3) is 3.77. The van der Waals surface area contributed by atoms with E-state index in [-0.39, 0.29) is 6.09 Å². The third-order valence-electron chi connectivity index (χ3n) is 5.74. The Labute approximate surface area is 184 Å². The number of benzene rings is 2. The highest BCUT2D eigenvalue weighted by Gasteiger charge is 2.24. The van der Waals surface area contributed by atoms with E-state index in [1.54, 1.807) is 4.90 Å². The van der Waals surface area contributed by atoms with Gasteiger partial charge in [-0.2, -0.15) is 0 Å². The van der Waals surface area contributed by atoms with Crippen LogP contribution >= 0.6 is 11.6 Å². The summed E-state index contributed by atoms with van der Waals surface area (Å²) in [7, 11) is 0. The molecule has 2 aromatic carbocycles. The van der Waals surface area contributed by atoms with Gasteiger partial charge in [-0.15, -0.1) is 0 Å². The Hall–Kier alpha value is -3.32. The number of carbonyl (C=O) groups excluding carboxylic acids is 1. The number of halogens is 1. The molecule has 7 nitrogen and oxygen atoms in total. The summed E-state index contributed by atoms with van der Waals surface area (Å²) in [5.41, 5.74) is 4.98. The van der Waals surface area contributed by atoms with E-state index in [1.807, 2.05) is 30.3 Å². The van der Waals surface area contributed by atoms with Gasteiger partial charge in [0.05, 0.1) is 5.39 Å². The lowest BCUT2D eigenvalue weighted by molar-refractivity contribution is 0.0942. The van der Waals surface area contributed by atoms with Gasteiger partial charge in [-0.3, -0.25) is 0 Å². The number of aromatic amines is 1. The zero-order chi connectivity index (χ0) is 21.4. The molecule has 1 aliphatic heterocycles. The van der Waals surface area contributed by atoms with Gasteiger partial charge in [0.1, 0.15) is 23.7 Å². The Kier molecular flexibility index (Phi) is 5.11. The van der Waals surface area contributed by atoms with E-state index < -0.39 is 0 Å². The maximum atomic E-state index is 12.4. The zero-order valence-corrected chi connectivity index (χ0v) is 17.9. The highest BCUT2D eigenvalue weighted by atomic mass is 35.5. The van der Waals surface area contributed by atoms with Crippen LogP contribution in [0.25, 0.3) is 21.9 Å². The van der Waals surface area contributed by atoms with E-state index in [1.165, 1.54) is 6.33 Å². The number of H-pyrrole nitrogens is 1. The van der Waals surface area contributed by atoms with Crippen molar-refractivity contribution in [3.8, 4) is 0 Å². The van der Waals surface area contributed by atoms with Crippen LogP contribution in [0.4, 0.5) is 10.5 Å². The van der Waals surface area contributed by atoms with Crippen molar-refractivity contribution in [2.75, 3.05) is 31.1 Å². The van der Waals surface area contributed by atoms with Gasteiger partial charge in [0.2, 0.25) is 0 Å². The quantitative estimate of drug-likeness (QED) is 0.478. The topological polar surface area (TPSA) is 74.3 Å². The molecule has 0 saturated carbocycles. The lowest BCUT2D eigenvalue weighted by Crippen LogP contribution is -2.49. The third-order valence-corrected chi connectivity index (χ3v) is 6.03. The molecule has 4 aromatic rings. The molecular formula is C23H22ClN5O2. The van der Waals surface area contributed by atoms with Gasteiger partial charge in [0.25, 0.3) is 0 Å². The number of aromatic nitrogens is 3. The summed E-state index contributed by atoms with van der Waals surface area (Å²) in [5, 5.41) is 2.32. The van der Waals surface area contributed by atoms with E-state index in [9.17, 15) is 4.79 Å². The van der Waals surface area contributed by atoms with Crippen LogP contribution < -0.4 is 4.90 Å². The molecule has 1 N–H and O–H groups in total. The number of piperazine rings is 1. The van der Waals surface area contributed by atoms with Crippen LogP contribution in [0.15, 0.2) is 48.8 Å². The number of amides is 1. The van der Waals surface area contributed by atoms with Crippen molar-refractivity contribution in [3.63, 3.8) is 0 Å². The SMILES string of the molecule is Cc1cc2c(cc1N1CCN(C(=O)OCc3ccccc3)CC1)[nH]c1ncnc(Cl)c12. The minimum atomic E-state index is -0.264. The van der Waals surface area contributed by atoms with Crippen LogP contribution in [0.3, 0.4) is 0 Å². The van der Waals surface area contributed by atoms with Crippen LogP contribution in [0, 0.1) is 6.92 Å². The van der Waals surface area contributed by atoms with Crippen molar-refractivity contribution >= 4 is 45.3 Å². The molecule has 0 radical (unpaired) electrons. The Morgan fingerprint density at radius 1 is 1.13 bits per heavy atom. The predicted octanol–water partition coefficient (Wildman–Crippen LogP) is 4.53. The Balaban J connectivity index is 1.29. The molecule has 31 heavy (non-hydrogen) atoms. The lowest BCUT2D eigenvalue weighted by atomic mass is 10.1. The molecule has 0 atom stereocenters.